The number of nitrogens with two attached hydrogens (primary N) is 1. The number of pyridine rings is 1. The number of para-hydroxylation sites is 1. The number of aryl methyl sites for hydroxylation is 1. The van der Waals surface area contributed by atoms with E-state index in [-0.39, 0.29) is 5.91 Å². The number of anilines is 2. The van der Waals surface area contributed by atoms with Gasteiger partial charge in [0.1, 0.15) is 9.71 Å². The lowest BCUT2D eigenvalue weighted by molar-refractivity contribution is 0.103. The van der Waals surface area contributed by atoms with Crippen LogP contribution < -0.4 is 11.1 Å². The largest absolute Gasteiger partial charge is 0.397 e. The molecular weight excluding hydrogens is 294 g/mol. The predicted octanol–water partition coefficient (Wildman–Crippen LogP) is 4.08. The maximum atomic E-state index is 12.4. The predicted molar refractivity (Wildman–Crippen MR) is 92.4 cm³/mol. The maximum absolute atomic E-state index is 12.4. The average Bonchev–Trinajstić information content (AvgIpc) is 2.85. The molecule has 0 saturated heterocycles. The van der Waals surface area contributed by atoms with Crippen molar-refractivity contribution in [2.24, 2.45) is 0 Å². The van der Waals surface area contributed by atoms with E-state index in [2.05, 4.69) is 17.2 Å². The highest BCUT2D eigenvalue weighted by Crippen LogP contribution is 2.33. The molecule has 22 heavy (non-hydrogen) atoms. The van der Waals surface area contributed by atoms with Crippen molar-refractivity contribution < 1.29 is 4.79 Å². The minimum absolute atomic E-state index is 0.191. The standard InChI is InChI=1S/C17H17N3OS/c1-2-6-11-9-10-13-14(18)15(22-17(13)20-11)16(21)19-12-7-4-3-5-8-12/h3-5,7-10H,2,6,18H2,1H3,(H,19,21). The number of nitrogens with one attached hydrogen (secondary N) is 1. The lowest BCUT2D eigenvalue weighted by Gasteiger charge is -2.03. The number of hydrogen-bond donors (Lipinski definition) is 2. The minimum Gasteiger partial charge on any atom is -0.397 e. The van der Waals surface area contributed by atoms with Gasteiger partial charge in [0.25, 0.3) is 5.91 Å². The highest BCUT2D eigenvalue weighted by atomic mass is 32.1. The first-order chi connectivity index (χ1) is 10.7. The number of hydrogen-bond acceptors (Lipinski definition) is 4. The van der Waals surface area contributed by atoms with Crippen LogP contribution >= 0.6 is 11.3 Å². The fourth-order valence-corrected chi connectivity index (χ4v) is 3.32. The third-order valence-electron chi connectivity index (χ3n) is 3.40. The van der Waals surface area contributed by atoms with Crippen LogP contribution in [-0.2, 0) is 6.42 Å². The number of benzene rings is 1. The number of carbonyl (C=O) groups excluding carboxylic acids is 1. The summed E-state index contributed by atoms with van der Waals surface area (Å²) in [6.07, 6.45) is 1.97. The van der Waals surface area contributed by atoms with E-state index in [0.29, 0.717) is 10.6 Å². The van der Waals surface area contributed by atoms with Gasteiger partial charge in [0.15, 0.2) is 0 Å². The van der Waals surface area contributed by atoms with E-state index in [0.717, 1.165) is 34.4 Å². The number of nitrogen functional groups attached to an aromatic ring is 1. The molecule has 2 aromatic heterocycles. The molecule has 0 radical (unpaired) electrons. The Morgan fingerprint density at radius 1 is 1.23 bits per heavy atom. The Morgan fingerprint density at radius 3 is 2.73 bits per heavy atom. The summed E-state index contributed by atoms with van der Waals surface area (Å²) in [4.78, 5) is 18.3. The Morgan fingerprint density at radius 2 is 2.00 bits per heavy atom. The molecule has 0 aliphatic rings. The first-order valence-electron chi connectivity index (χ1n) is 7.23. The Hall–Kier alpha value is -2.40. The van der Waals surface area contributed by atoms with Gasteiger partial charge in [-0.05, 0) is 30.7 Å². The van der Waals surface area contributed by atoms with Gasteiger partial charge in [0.2, 0.25) is 0 Å². The summed E-state index contributed by atoms with van der Waals surface area (Å²) in [5, 5.41) is 3.71. The zero-order chi connectivity index (χ0) is 15.5. The molecule has 5 heteroatoms. The third-order valence-corrected chi connectivity index (χ3v) is 4.51. The minimum atomic E-state index is -0.191. The van der Waals surface area contributed by atoms with E-state index in [1.807, 2.05) is 42.5 Å². The molecule has 0 aliphatic heterocycles. The van der Waals surface area contributed by atoms with Gasteiger partial charge in [0, 0.05) is 16.8 Å². The van der Waals surface area contributed by atoms with Gasteiger partial charge >= 0.3 is 0 Å². The summed E-state index contributed by atoms with van der Waals surface area (Å²) in [5.41, 5.74) is 8.42. The molecule has 4 nitrogen and oxygen atoms in total. The molecular formula is C17H17N3OS. The van der Waals surface area contributed by atoms with Crippen molar-refractivity contribution in [2.45, 2.75) is 19.8 Å². The zero-order valence-corrected chi connectivity index (χ0v) is 13.1. The van der Waals surface area contributed by atoms with Gasteiger partial charge in [-0.25, -0.2) is 4.98 Å². The molecule has 3 aromatic rings. The van der Waals surface area contributed by atoms with Crippen LogP contribution in [0.1, 0.15) is 28.7 Å². The Kier molecular flexibility index (Phi) is 4.06. The molecule has 112 valence electrons. The van der Waals surface area contributed by atoms with Crippen LogP contribution in [0.3, 0.4) is 0 Å². The van der Waals surface area contributed by atoms with Crippen molar-refractivity contribution in [3.05, 3.63) is 53.0 Å². The van der Waals surface area contributed by atoms with Crippen LogP contribution in [0, 0.1) is 0 Å². The van der Waals surface area contributed by atoms with Crippen molar-refractivity contribution in [3.63, 3.8) is 0 Å². The molecule has 3 rings (SSSR count). The number of thiophene rings is 1. The van der Waals surface area contributed by atoms with Crippen molar-refractivity contribution in [1.29, 1.82) is 0 Å². The van der Waals surface area contributed by atoms with Crippen LogP contribution in [0.15, 0.2) is 42.5 Å². The second-order valence-electron chi connectivity index (χ2n) is 5.07. The van der Waals surface area contributed by atoms with Crippen molar-refractivity contribution >= 4 is 38.8 Å². The molecule has 0 aliphatic carbocycles. The van der Waals surface area contributed by atoms with Crippen LogP contribution in [0.25, 0.3) is 10.2 Å². The number of amides is 1. The molecule has 1 amide bonds. The number of carbonyl (C=O) groups is 1. The lowest BCUT2D eigenvalue weighted by atomic mass is 10.2. The molecule has 0 fully saturated rings. The number of aromatic nitrogens is 1. The second kappa shape index (κ2) is 6.15. The van der Waals surface area contributed by atoms with Gasteiger partial charge in [-0.1, -0.05) is 31.5 Å². The number of fused-ring (bicyclic) bond motifs is 1. The van der Waals surface area contributed by atoms with Crippen molar-refractivity contribution in [1.82, 2.24) is 4.98 Å². The van der Waals surface area contributed by atoms with Crippen LogP contribution in [0.5, 0.6) is 0 Å². The molecule has 0 spiro atoms. The van der Waals surface area contributed by atoms with E-state index < -0.39 is 0 Å². The summed E-state index contributed by atoms with van der Waals surface area (Å²) in [5.74, 6) is -0.191. The van der Waals surface area contributed by atoms with Crippen molar-refractivity contribution in [3.8, 4) is 0 Å². The summed E-state index contributed by atoms with van der Waals surface area (Å²) in [6.45, 7) is 2.12. The van der Waals surface area contributed by atoms with Crippen LogP contribution in [0.2, 0.25) is 0 Å². The Labute approximate surface area is 133 Å². The molecule has 3 N–H and O–H groups in total. The lowest BCUT2D eigenvalue weighted by Crippen LogP contribution is -2.11. The topological polar surface area (TPSA) is 68.0 Å². The molecule has 0 bridgehead atoms. The average molecular weight is 311 g/mol. The van der Waals surface area contributed by atoms with Crippen LogP contribution in [-0.4, -0.2) is 10.9 Å². The van der Waals surface area contributed by atoms with Gasteiger partial charge in [-0.3, -0.25) is 4.79 Å². The Balaban J connectivity index is 1.93. The molecule has 1 aromatic carbocycles. The van der Waals surface area contributed by atoms with E-state index in [9.17, 15) is 4.79 Å². The summed E-state index contributed by atoms with van der Waals surface area (Å²) in [6, 6.07) is 13.3. The van der Waals surface area contributed by atoms with Gasteiger partial charge < -0.3 is 11.1 Å². The maximum Gasteiger partial charge on any atom is 0.267 e. The van der Waals surface area contributed by atoms with Gasteiger partial charge in [0.05, 0.1) is 5.69 Å². The van der Waals surface area contributed by atoms with Gasteiger partial charge in [-0.2, -0.15) is 0 Å². The third kappa shape index (κ3) is 2.80. The fraction of sp³-hybridized carbons (Fsp3) is 0.176. The first kappa shape index (κ1) is 14.5. The summed E-state index contributed by atoms with van der Waals surface area (Å²) >= 11 is 1.34. The Bertz CT molecular complexity index is 811. The number of nitrogens with zero attached hydrogens (tertiary/aromatic N) is 1. The SMILES string of the molecule is CCCc1ccc2c(N)c(C(=O)Nc3ccccc3)sc2n1. The van der Waals surface area contributed by atoms with Crippen LogP contribution in [0.4, 0.5) is 11.4 Å². The molecule has 0 unspecified atom stereocenters. The zero-order valence-electron chi connectivity index (χ0n) is 12.3. The molecule has 0 atom stereocenters. The van der Waals surface area contributed by atoms with Gasteiger partial charge in [-0.15, -0.1) is 11.3 Å². The monoisotopic (exact) mass is 311 g/mol. The van der Waals surface area contributed by atoms with E-state index in [1.165, 1.54) is 11.3 Å². The quantitative estimate of drug-likeness (QED) is 0.762. The highest BCUT2D eigenvalue weighted by molar-refractivity contribution is 7.21. The first-order valence-corrected chi connectivity index (χ1v) is 8.05. The number of rotatable bonds is 4. The normalized spacial score (nSPS) is 10.8. The summed E-state index contributed by atoms with van der Waals surface area (Å²) in [7, 11) is 0. The second-order valence-corrected chi connectivity index (χ2v) is 6.07. The summed E-state index contributed by atoms with van der Waals surface area (Å²) < 4.78 is 0. The molecule has 0 saturated carbocycles. The smallest absolute Gasteiger partial charge is 0.267 e. The fourth-order valence-electron chi connectivity index (χ4n) is 2.31. The van der Waals surface area contributed by atoms with Crippen molar-refractivity contribution in [2.75, 3.05) is 11.1 Å². The molecule has 2 heterocycles. The van der Waals surface area contributed by atoms with E-state index in [1.54, 1.807) is 0 Å². The van der Waals surface area contributed by atoms with E-state index >= 15 is 0 Å². The van der Waals surface area contributed by atoms with E-state index in [4.69, 9.17) is 5.73 Å². The highest BCUT2D eigenvalue weighted by Gasteiger charge is 2.17.